The molecule has 1 aromatic carbocycles. The summed E-state index contributed by atoms with van der Waals surface area (Å²) in [6, 6.07) is 8.74. The second-order valence-electron chi connectivity index (χ2n) is 4.83. The van der Waals surface area contributed by atoms with Gasteiger partial charge in [-0.15, -0.1) is 0 Å². The molecule has 1 aromatic rings. The Balaban J connectivity index is 1.82. The summed E-state index contributed by atoms with van der Waals surface area (Å²) in [6.45, 7) is 8.65. The van der Waals surface area contributed by atoms with Crippen molar-refractivity contribution in [3.05, 3.63) is 35.4 Å². The van der Waals surface area contributed by atoms with Crippen LogP contribution in [0.3, 0.4) is 0 Å². The molecule has 1 aliphatic heterocycles. The number of β-amino-alcohol motifs (C(OH)–C–C–N with tert-alkyl or cyclic N) is 1. The molecule has 1 heterocycles. The molecule has 1 N–H and O–H groups in total. The lowest BCUT2D eigenvalue weighted by molar-refractivity contribution is 0.108. The number of nitrogens with zero attached hydrogens (tertiary/aromatic N) is 2. The smallest absolute Gasteiger partial charge is 0.0558 e. The van der Waals surface area contributed by atoms with Crippen LogP contribution < -0.4 is 0 Å². The molecular formula is C14H22N2O. The molecule has 0 aromatic heterocycles. The maximum atomic E-state index is 8.89. The van der Waals surface area contributed by atoms with E-state index in [0.717, 1.165) is 39.3 Å². The zero-order valence-corrected chi connectivity index (χ0v) is 10.6. The lowest BCUT2D eigenvalue weighted by Gasteiger charge is -2.34. The molecule has 2 rings (SSSR count). The van der Waals surface area contributed by atoms with Crippen LogP contribution in [0.1, 0.15) is 11.1 Å². The van der Waals surface area contributed by atoms with Crippen LogP contribution in [-0.4, -0.2) is 54.2 Å². The van der Waals surface area contributed by atoms with Crippen LogP contribution in [0.15, 0.2) is 24.3 Å². The van der Waals surface area contributed by atoms with Gasteiger partial charge in [0.2, 0.25) is 0 Å². The van der Waals surface area contributed by atoms with Gasteiger partial charge in [-0.25, -0.2) is 0 Å². The monoisotopic (exact) mass is 234 g/mol. The minimum absolute atomic E-state index is 0.276. The SMILES string of the molecule is Cc1cccc(CN2CCN(CCO)CC2)c1. The maximum absolute atomic E-state index is 8.89. The number of aliphatic hydroxyl groups excluding tert-OH is 1. The predicted molar refractivity (Wildman–Crippen MR) is 70.0 cm³/mol. The van der Waals surface area contributed by atoms with Gasteiger partial charge in [0.05, 0.1) is 6.61 Å². The molecule has 1 saturated heterocycles. The highest BCUT2D eigenvalue weighted by atomic mass is 16.3. The molecule has 1 fully saturated rings. The Morgan fingerprint density at radius 1 is 1.12 bits per heavy atom. The molecule has 0 radical (unpaired) electrons. The molecule has 0 atom stereocenters. The number of hydrogen-bond acceptors (Lipinski definition) is 3. The number of aryl methyl sites for hydroxylation is 1. The molecular weight excluding hydrogens is 212 g/mol. The molecule has 1 aliphatic rings. The van der Waals surface area contributed by atoms with E-state index in [1.54, 1.807) is 0 Å². The van der Waals surface area contributed by atoms with Crippen molar-refractivity contribution in [2.24, 2.45) is 0 Å². The third-order valence-electron chi connectivity index (χ3n) is 3.37. The van der Waals surface area contributed by atoms with E-state index >= 15 is 0 Å². The molecule has 3 heteroatoms. The minimum atomic E-state index is 0.276. The van der Waals surface area contributed by atoms with Crippen molar-refractivity contribution in [1.82, 2.24) is 9.80 Å². The van der Waals surface area contributed by atoms with Gasteiger partial charge in [-0.3, -0.25) is 9.80 Å². The van der Waals surface area contributed by atoms with Crippen molar-refractivity contribution in [1.29, 1.82) is 0 Å². The summed E-state index contributed by atoms with van der Waals surface area (Å²) >= 11 is 0. The van der Waals surface area contributed by atoms with Gasteiger partial charge in [0, 0.05) is 39.3 Å². The first-order valence-electron chi connectivity index (χ1n) is 6.39. The van der Waals surface area contributed by atoms with E-state index in [1.807, 2.05) is 0 Å². The normalized spacial score (nSPS) is 18.5. The molecule has 0 unspecified atom stereocenters. The van der Waals surface area contributed by atoms with E-state index in [0.29, 0.717) is 0 Å². The van der Waals surface area contributed by atoms with Crippen molar-refractivity contribution < 1.29 is 5.11 Å². The van der Waals surface area contributed by atoms with Gasteiger partial charge < -0.3 is 5.11 Å². The van der Waals surface area contributed by atoms with Crippen LogP contribution in [0.25, 0.3) is 0 Å². The molecule has 0 aliphatic carbocycles. The molecule has 3 nitrogen and oxygen atoms in total. The van der Waals surface area contributed by atoms with Crippen LogP contribution in [0.5, 0.6) is 0 Å². The van der Waals surface area contributed by atoms with Gasteiger partial charge in [0.15, 0.2) is 0 Å². The average molecular weight is 234 g/mol. The average Bonchev–Trinajstić information content (AvgIpc) is 2.32. The maximum Gasteiger partial charge on any atom is 0.0558 e. The first kappa shape index (κ1) is 12.6. The van der Waals surface area contributed by atoms with Gasteiger partial charge in [0.25, 0.3) is 0 Å². The van der Waals surface area contributed by atoms with Crippen molar-refractivity contribution in [3.8, 4) is 0 Å². The van der Waals surface area contributed by atoms with Gasteiger partial charge in [0.1, 0.15) is 0 Å². The largest absolute Gasteiger partial charge is 0.395 e. The molecule has 94 valence electrons. The minimum Gasteiger partial charge on any atom is -0.395 e. The van der Waals surface area contributed by atoms with Crippen LogP contribution in [0, 0.1) is 6.92 Å². The topological polar surface area (TPSA) is 26.7 Å². The van der Waals surface area contributed by atoms with E-state index in [-0.39, 0.29) is 6.61 Å². The summed E-state index contributed by atoms with van der Waals surface area (Å²) in [5.41, 5.74) is 2.74. The van der Waals surface area contributed by atoms with Gasteiger partial charge in [-0.2, -0.15) is 0 Å². The highest BCUT2D eigenvalue weighted by Crippen LogP contribution is 2.10. The lowest BCUT2D eigenvalue weighted by Crippen LogP contribution is -2.46. The third-order valence-corrected chi connectivity index (χ3v) is 3.37. The second kappa shape index (κ2) is 6.15. The Kier molecular flexibility index (Phi) is 4.54. The molecule has 17 heavy (non-hydrogen) atoms. The highest BCUT2D eigenvalue weighted by molar-refractivity contribution is 5.22. The second-order valence-corrected chi connectivity index (χ2v) is 4.83. The Morgan fingerprint density at radius 3 is 2.47 bits per heavy atom. The summed E-state index contributed by atoms with van der Waals surface area (Å²) in [7, 11) is 0. The number of hydrogen-bond donors (Lipinski definition) is 1. The molecule has 0 saturated carbocycles. The summed E-state index contributed by atoms with van der Waals surface area (Å²) in [5, 5.41) is 8.89. The standard InChI is InChI=1S/C14H22N2O/c1-13-3-2-4-14(11-13)12-16-7-5-15(6-8-16)9-10-17/h2-4,11,17H,5-10,12H2,1H3. The van der Waals surface area contributed by atoms with E-state index in [4.69, 9.17) is 5.11 Å². The fraction of sp³-hybridized carbons (Fsp3) is 0.571. The zero-order valence-electron chi connectivity index (χ0n) is 10.6. The van der Waals surface area contributed by atoms with E-state index in [1.165, 1.54) is 11.1 Å². The van der Waals surface area contributed by atoms with Gasteiger partial charge in [-0.1, -0.05) is 29.8 Å². The molecule has 0 bridgehead atoms. The fourth-order valence-electron chi connectivity index (χ4n) is 2.38. The van der Waals surface area contributed by atoms with Crippen LogP contribution in [-0.2, 0) is 6.54 Å². The fourth-order valence-corrected chi connectivity index (χ4v) is 2.38. The first-order chi connectivity index (χ1) is 8.28. The van der Waals surface area contributed by atoms with E-state index in [9.17, 15) is 0 Å². The number of rotatable bonds is 4. The number of piperazine rings is 1. The van der Waals surface area contributed by atoms with Crippen LogP contribution in [0.2, 0.25) is 0 Å². The number of benzene rings is 1. The van der Waals surface area contributed by atoms with Crippen molar-refractivity contribution >= 4 is 0 Å². The van der Waals surface area contributed by atoms with Crippen LogP contribution >= 0.6 is 0 Å². The molecule has 0 spiro atoms. The van der Waals surface area contributed by atoms with Crippen molar-refractivity contribution in [2.45, 2.75) is 13.5 Å². The van der Waals surface area contributed by atoms with Crippen LogP contribution in [0.4, 0.5) is 0 Å². The Hall–Kier alpha value is -0.900. The highest BCUT2D eigenvalue weighted by Gasteiger charge is 2.16. The van der Waals surface area contributed by atoms with E-state index < -0.39 is 0 Å². The third kappa shape index (κ3) is 3.80. The molecule has 0 amide bonds. The summed E-state index contributed by atoms with van der Waals surface area (Å²) in [4.78, 5) is 4.81. The lowest BCUT2D eigenvalue weighted by atomic mass is 10.1. The first-order valence-corrected chi connectivity index (χ1v) is 6.39. The quantitative estimate of drug-likeness (QED) is 0.845. The van der Waals surface area contributed by atoms with Gasteiger partial charge in [-0.05, 0) is 12.5 Å². The zero-order chi connectivity index (χ0) is 12.1. The van der Waals surface area contributed by atoms with E-state index in [2.05, 4.69) is 41.0 Å². The summed E-state index contributed by atoms with van der Waals surface area (Å²) in [5.74, 6) is 0. The summed E-state index contributed by atoms with van der Waals surface area (Å²) in [6.07, 6.45) is 0. The predicted octanol–water partition coefficient (Wildman–Crippen LogP) is 1.10. The van der Waals surface area contributed by atoms with Crippen molar-refractivity contribution in [2.75, 3.05) is 39.3 Å². The Bertz CT molecular complexity index is 346. The van der Waals surface area contributed by atoms with Crippen molar-refractivity contribution in [3.63, 3.8) is 0 Å². The number of aliphatic hydroxyl groups is 1. The van der Waals surface area contributed by atoms with Gasteiger partial charge >= 0.3 is 0 Å². The Labute approximate surface area is 104 Å². The Morgan fingerprint density at radius 2 is 1.82 bits per heavy atom. The summed E-state index contributed by atoms with van der Waals surface area (Å²) < 4.78 is 0.